The summed E-state index contributed by atoms with van der Waals surface area (Å²) >= 11 is 1.68. The number of anilines is 1. The number of thiophene rings is 1. The van der Waals surface area contributed by atoms with Gasteiger partial charge in [-0.3, -0.25) is 4.90 Å². The molecule has 130 valence electrons. The van der Waals surface area contributed by atoms with Crippen molar-refractivity contribution in [2.24, 2.45) is 0 Å². The molecule has 2 aromatic heterocycles. The minimum Gasteiger partial charge on any atom is -0.497 e. The first kappa shape index (κ1) is 16.3. The first-order chi connectivity index (χ1) is 12.2. The molecule has 1 fully saturated rings. The molecular formula is C18H20N4O2S. The van der Waals surface area contributed by atoms with Gasteiger partial charge in [0.05, 0.1) is 25.7 Å². The van der Waals surface area contributed by atoms with E-state index in [-0.39, 0.29) is 0 Å². The zero-order valence-corrected chi connectivity index (χ0v) is 14.9. The van der Waals surface area contributed by atoms with E-state index in [0.29, 0.717) is 11.6 Å². The summed E-state index contributed by atoms with van der Waals surface area (Å²) < 4.78 is 10.7. The van der Waals surface area contributed by atoms with E-state index in [2.05, 4.69) is 16.0 Å². The minimum absolute atomic E-state index is 0.521. The number of nitrogens with zero attached hydrogens (tertiary/aromatic N) is 3. The Morgan fingerprint density at radius 1 is 1.24 bits per heavy atom. The van der Waals surface area contributed by atoms with Crippen LogP contribution in [0.4, 0.5) is 5.82 Å². The third-order valence-electron chi connectivity index (χ3n) is 4.28. The molecule has 7 heteroatoms. The Labute approximate surface area is 150 Å². The molecule has 0 bridgehead atoms. The van der Waals surface area contributed by atoms with Crippen molar-refractivity contribution in [2.75, 3.05) is 39.1 Å². The molecule has 2 N–H and O–H groups in total. The smallest absolute Gasteiger partial charge is 0.163 e. The lowest BCUT2D eigenvalue weighted by molar-refractivity contribution is 0.0346. The Morgan fingerprint density at radius 2 is 2.08 bits per heavy atom. The van der Waals surface area contributed by atoms with E-state index in [0.717, 1.165) is 54.4 Å². The fraction of sp³-hybridized carbons (Fsp3) is 0.333. The molecule has 0 unspecified atom stereocenters. The molecule has 1 saturated heterocycles. The van der Waals surface area contributed by atoms with Gasteiger partial charge in [0.15, 0.2) is 5.82 Å². The van der Waals surface area contributed by atoms with Crippen LogP contribution in [0.25, 0.3) is 21.6 Å². The lowest BCUT2D eigenvalue weighted by Gasteiger charge is -2.25. The highest BCUT2D eigenvalue weighted by Crippen LogP contribution is 2.31. The Hall–Kier alpha value is -2.22. The van der Waals surface area contributed by atoms with Crippen LogP contribution >= 0.6 is 11.3 Å². The summed E-state index contributed by atoms with van der Waals surface area (Å²) in [6.07, 6.45) is 0. The van der Waals surface area contributed by atoms with Crippen molar-refractivity contribution in [3.63, 3.8) is 0 Å². The first-order valence-electron chi connectivity index (χ1n) is 8.23. The van der Waals surface area contributed by atoms with E-state index in [4.69, 9.17) is 20.2 Å². The number of hydrogen-bond acceptors (Lipinski definition) is 7. The molecule has 0 amide bonds. The standard InChI is InChI=1S/C18H20N4O2S/c1-23-13-4-2-3-12(9-13)17-20-16(19)15-10-14(25-18(15)21-17)11-22-5-7-24-8-6-22/h2-4,9-10H,5-8,11H2,1H3,(H2,19,20,21). The van der Waals surface area contributed by atoms with Gasteiger partial charge in [0, 0.05) is 30.1 Å². The molecule has 0 atom stereocenters. The summed E-state index contributed by atoms with van der Waals surface area (Å²) in [6, 6.07) is 9.82. The summed E-state index contributed by atoms with van der Waals surface area (Å²) in [6.45, 7) is 4.42. The Morgan fingerprint density at radius 3 is 2.88 bits per heavy atom. The van der Waals surface area contributed by atoms with Crippen molar-refractivity contribution in [3.8, 4) is 17.1 Å². The van der Waals surface area contributed by atoms with Crippen LogP contribution < -0.4 is 10.5 Å². The lowest BCUT2D eigenvalue weighted by atomic mass is 10.2. The zero-order valence-electron chi connectivity index (χ0n) is 14.1. The maximum Gasteiger partial charge on any atom is 0.163 e. The summed E-state index contributed by atoms with van der Waals surface area (Å²) in [5.74, 6) is 1.93. The normalized spacial score (nSPS) is 15.6. The van der Waals surface area contributed by atoms with Crippen LogP contribution in [-0.4, -0.2) is 48.3 Å². The van der Waals surface area contributed by atoms with E-state index in [1.165, 1.54) is 4.88 Å². The SMILES string of the molecule is COc1cccc(-c2nc(N)c3cc(CN4CCOCC4)sc3n2)c1. The fourth-order valence-electron chi connectivity index (χ4n) is 2.94. The van der Waals surface area contributed by atoms with Gasteiger partial charge in [0.25, 0.3) is 0 Å². The maximum absolute atomic E-state index is 6.20. The van der Waals surface area contributed by atoms with E-state index < -0.39 is 0 Å². The second-order valence-corrected chi connectivity index (χ2v) is 7.10. The minimum atomic E-state index is 0.521. The van der Waals surface area contributed by atoms with Crippen molar-refractivity contribution in [2.45, 2.75) is 6.54 Å². The number of morpholine rings is 1. The number of nitrogens with two attached hydrogens (primary N) is 1. The predicted octanol–water partition coefficient (Wildman–Crippen LogP) is 2.78. The van der Waals surface area contributed by atoms with Crippen LogP contribution in [0, 0.1) is 0 Å². The van der Waals surface area contributed by atoms with Gasteiger partial charge in [-0.1, -0.05) is 12.1 Å². The third-order valence-corrected chi connectivity index (χ3v) is 5.30. The van der Waals surface area contributed by atoms with Gasteiger partial charge in [0.1, 0.15) is 16.4 Å². The first-order valence-corrected chi connectivity index (χ1v) is 9.05. The van der Waals surface area contributed by atoms with Gasteiger partial charge in [0.2, 0.25) is 0 Å². The molecule has 3 heterocycles. The monoisotopic (exact) mass is 356 g/mol. The molecule has 4 rings (SSSR count). The molecule has 1 aliphatic rings. The van der Waals surface area contributed by atoms with E-state index >= 15 is 0 Å². The van der Waals surface area contributed by atoms with Gasteiger partial charge in [-0.2, -0.15) is 0 Å². The lowest BCUT2D eigenvalue weighted by Crippen LogP contribution is -2.35. The summed E-state index contributed by atoms with van der Waals surface area (Å²) in [5.41, 5.74) is 7.10. The van der Waals surface area contributed by atoms with Crippen LogP contribution in [0.3, 0.4) is 0 Å². The van der Waals surface area contributed by atoms with E-state index in [1.54, 1.807) is 18.4 Å². The summed E-state index contributed by atoms with van der Waals surface area (Å²) in [7, 11) is 1.65. The predicted molar refractivity (Wildman–Crippen MR) is 99.9 cm³/mol. The highest BCUT2D eigenvalue weighted by molar-refractivity contribution is 7.18. The van der Waals surface area contributed by atoms with E-state index in [1.807, 2.05) is 24.3 Å². The van der Waals surface area contributed by atoms with Crippen molar-refractivity contribution < 1.29 is 9.47 Å². The highest BCUT2D eigenvalue weighted by atomic mass is 32.1. The molecule has 1 aliphatic heterocycles. The van der Waals surface area contributed by atoms with Crippen molar-refractivity contribution >= 4 is 27.4 Å². The molecule has 0 saturated carbocycles. The Balaban J connectivity index is 1.66. The van der Waals surface area contributed by atoms with Gasteiger partial charge in [-0.25, -0.2) is 9.97 Å². The number of benzene rings is 1. The second-order valence-electron chi connectivity index (χ2n) is 5.98. The number of aromatic nitrogens is 2. The van der Waals surface area contributed by atoms with E-state index in [9.17, 15) is 0 Å². The number of ether oxygens (including phenoxy) is 2. The summed E-state index contributed by atoms with van der Waals surface area (Å²) in [5, 5.41) is 0.930. The van der Waals surface area contributed by atoms with Gasteiger partial charge in [-0.05, 0) is 18.2 Å². The maximum atomic E-state index is 6.20. The van der Waals surface area contributed by atoms with Crippen molar-refractivity contribution in [1.29, 1.82) is 0 Å². The molecule has 6 nitrogen and oxygen atoms in total. The van der Waals surface area contributed by atoms with Crippen LogP contribution in [0.5, 0.6) is 5.75 Å². The number of hydrogen-bond donors (Lipinski definition) is 1. The van der Waals surface area contributed by atoms with Gasteiger partial charge < -0.3 is 15.2 Å². The number of nitrogen functional groups attached to an aromatic ring is 1. The fourth-order valence-corrected chi connectivity index (χ4v) is 4.02. The average Bonchev–Trinajstić information content (AvgIpc) is 3.05. The largest absolute Gasteiger partial charge is 0.497 e. The second kappa shape index (κ2) is 6.95. The highest BCUT2D eigenvalue weighted by Gasteiger charge is 2.15. The van der Waals surface area contributed by atoms with Gasteiger partial charge >= 0.3 is 0 Å². The van der Waals surface area contributed by atoms with Crippen LogP contribution in [0.2, 0.25) is 0 Å². The molecule has 25 heavy (non-hydrogen) atoms. The number of fused-ring (bicyclic) bond motifs is 1. The zero-order chi connectivity index (χ0) is 17.2. The summed E-state index contributed by atoms with van der Waals surface area (Å²) in [4.78, 5) is 13.8. The molecule has 3 aromatic rings. The van der Waals surface area contributed by atoms with Crippen LogP contribution in [0.15, 0.2) is 30.3 Å². The van der Waals surface area contributed by atoms with Crippen molar-refractivity contribution in [1.82, 2.24) is 14.9 Å². The third kappa shape index (κ3) is 3.44. The topological polar surface area (TPSA) is 73.5 Å². The van der Waals surface area contributed by atoms with Gasteiger partial charge in [-0.15, -0.1) is 11.3 Å². The van der Waals surface area contributed by atoms with Crippen LogP contribution in [0.1, 0.15) is 4.88 Å². The quantitative estimate of drug-likeness (QED) is 0.775. The molecule has 0 radical (unpaired) electrons. The average molecular weight is 356 g/mol. The molecule has 0 aliphatic carbocycles. The Kier molecular flexibility index (Phi) is 4.52. The molecular weight excluding hydrogens is 336 g/mol. The van der Waals surface area contributed by atoms with Crippen molar-refractivity contribution in [3.05, 3.63) is 35.2 Å². The van der Waals surface area contributed by atoms with Crippen LogP contribution in [-0.2, 0) is 11.3 Å². The number of methoxy groups -OCH3 is 1. The molecule has 1 aromatic carbocycles. The molecule has 0 spiro atoms. The number of rotatable bonds is 4. The Bertz CT molecular complexity index is 890.